The Morgan fingerprint density at radius 1 is 1.32 bits per heavy atom. The molecule has 0 unspecified atom stereocenters. The number of aromatic hydroxyl groups is 1. The van der Waals surface area contributed by atoms with Crippen molar-refractivity contribution in [1.82, 2.24) is 15.1 Å². The number of hydrogen-bond acceptors (Lipinski definition) is 3. The third kappa shape index (κ3) is 3.46. The largest absolute Gasteiger partial charge is 0.507 e. The van der Waals surface area contributed by atoms with Gasteiger partial charge in [0.15, 0.2) is 0 Å². The number of hydrogen-bond donors (Lipinski definition) is 2. The van der Waals surface area contributed by atoms with E-state index in [1.54, 1.807) is 24.1 Å². The molecule has 3 aromatic rings. The van der Waals surface area contributed by atoms with Gasteiger partial charge >= 0.3 is 0 Å². The van der Waals surface area contributed by atoms with E-state index < -0.39 is 0 Å². The smallest absolute Gasteiger partial charge is 0.257 e. The topological polar surface area (TPSA) is 69.2 Å². The van der Waals surface area contributed by atoms with Crippen LogP contribution in [0.4, 0.5) is 0 Å². The number of carbonyl (C=O) groups excluding carboxylic acids is 1. The second kappa shape index (κ2) is 7.15. The van der Waals surface area contributed by atoms with Crippen LogP contribution in [0.2, 0.25) is 5.02 Å². The molecular formula is C19H20ClN3O2. The molecule has 0 aliphatic heterocycles. The van der Waals surface area contributed by atoms with Crippen LogP contribution in [0.5, 0.6) is 5.75 Å². The van der Waals surface area contributed by atoms with Crippen molar-refractivity contribution in [3.8, 4) is 5.75 Å². The van der Waals surface area contributed by atoms with Crippen LogP contribution in [0.15, 0.2) is 36.4 Å². The van der Waals surface area contributed by atoms with Gasteiger partial charge in [0.05, 0.1) is 16.8 Å². The predicted octanol–water partition coefficient (Wildman–Crippen LogP) is 3.99. The van der Waals surface area contributed by atoms with E-state index in [1.165, 1.54) is 0 Å². The molecule has 25 heavy (non-hydrogen) atoms. The number of aromatic nitrogens is 2. The Labute approximate surface area is 151 Å². The van der Waals surface area contributed by atoms with Crippen LogP contribution in [0, 0.1) is 0 Å². The summed E-state index contributed by atoms with van der Waals surface area (Å²) in [4.78, 5) is 14.2. The van der Waals surface area contributed by atoms with Gasteiger partial charge in [-0.1, -0.05) is 36.7 Å². The number of phenols is 1. The minimum Gasteiger partial charge on any atom is -0.507 e. The van der Waals surface area contributed by atoms with Crippen molar-refractivity contribution in [2.24, 2.45) is 0 Å². The summed E-state index contributed by atoms with van der Waals surface area (Å²) in [5.74, 6) is -0.250. The first kappa shape index (κ1) is 17.3. The number of benzene rings is 2. The van der Waals surface area contributed by atoms with Gasteiger partial charge in [0.25, 0.3) is 5.91 Å². The van der Waals surface area contributed by atoms with E-state index in [0.717, 1.165) is 23.1 Å². The first-order valence-corrected chi connectivity index (χ1v) is 8.58. The number of H-pyrrole nitrogens is 1. The summed E-state index contributed by atoms with van der Waals surface area (Å²) in [6.45, 7) is 2.64. The van der Waals surface area contributed by atoms with Crippen LogP contribution in [-0.2, 0) is 6.42 Å². The number of amides is 1. The molecular weight excluding hydrogens is 338 g/mol. The van der Waals surface area contributed by atoms with Gasteiger partial charge in [-0.05, 0) is 24.1 Å². The highest BCUT2D eigenvalue weighted by atomic mass is 35.5. The highest BCUT2D eigenvalue weighted by molar-refractivity contribution is 6.31. The molecule has 5 nitrogen and oxygen atoms in total. The first-order chi connectivity index (χ1) is 12.0. The van der Waals surface area contributed by atoms with Gasteiger partial charge in [-0.2, -0.15) is 5.10 Å². The third-order valence-electron chi connectivity index (χ3n) is 4.21. The average Bonchev–Trinajstić information content (AvgIpc) is 2.97. The molecule has 0 aliphatic rings. The molecule has 2 N–H and O–H groups in total. The fourth-order valence-corrected chi connectivity index (χ4v) is 3.08. The molecule has 0 fully saturated rings. The fraction of sp³-hybridized carbons (Fsp3) is 0.263. The van der Waals surface area contributed by atoms with Gasteiger partial charge < -0.3 is 10.0 Å². The van der Waals surface area contributed by atoms with Gasteiger partial charge in [-0.15, -0.1) is 0 Å². The summed E-state index contributed by atoms with van der Waals surface area (Å²) >= 11 is 6.24. The molecule has 0 saturated heterocycles. The van der Waals surface area contributed by atoms with Gasteiger partial charge in [0.1, 0.15) is 5.75 Å². The Morgan fingerprint density at radius 3 is 2.80 bits per heavy atom. The third-order valence-corrected chi connectivity index (χ3v) is 4.58. The van der Waals surface area contributed by atoms with E-state index in [0.29, 0.717) is 23.5 Å². The quantitative estimate of drug-likeness (QED) is 0.725. The fourth-order valence-electron chi connectivity index (χ4n) is 2.88. The van der Waals surface area contributed by atoms with Gasteiger partial charge in [-0.25, -0.2) is 0 Å². The maximum absolute atomic E-state index is 12.6. The molecule has 0 radical (unpaired) electrons. The predicted molar refractivity (Wildman–Crippen MR) is 99.3 cm³/mol. The van der Waals surface area contributed by atoms with Crippen molar-refractivity contribution in [2.75, 3.05) is 13.6 Å². The van der Waals surface area contributed by atoms with Gasteiger partial charge in [0, 0.05) is 36.5 Å². The Bertz CT molecular complexity index is 920. The first-order valence-electron chi connectivity index (χ1n) is 8.20. The number of fused-ring (bicyclic) bond motifs is 1. The summed E-state index contributed by atoms with van der Waals surface area (Å²) in [6.07, 6.45) is 1.40. The van der Waals surface area contributed by atoms with Crippen molar-refractivity contribution in [3.05, 3.63) is 58.2 Å². The molecule has 6 heteroatoms. The number of nitrogens with zero attached hydrogens (tertiary/aromatic N) is 2. The molecule has 1 heterocycles. The lowest BCUT2D eigenvalue weighted by Crippen LogP contribution is -2.27. The zero-order valence-electron chi connectivity index (χ0n) is 14.2. The monoisotopic (exact) mass is 357 g/mol. The van der Waals surface area contributed by atoms with E-state index >= 15 is 0 Å². The standard InChI is InChI=1S/C19H20ClN3O2/c1-3-8-23(2)19(25)14-10-13-16(21-22-17(13)11-18(14)24)9-12-6-4-5-7-15(12)20/h4-7,10-11,24H,3,8-9H2,1-2H3,(H,21,22). The van der Waals surface area contributed by atoms with Crippen LogP contribution < -0.4 is 0 Å². The summed E-state index contributed by atoms with van der Waals surface area (Å²) in [6, 6.07) is 10.8. The lowest BCUT2D eigenvalue weighted by Gasteiger charge is -2.16. The van der Waals surface area contributed by atoms with Crippen LogP contribution in [0.25, 0.3) is 10.9 Å². The van der Waals surface area contributed by atoms with Crippen molar-refractivity contribution in [2.45, 2.75) is 19.8 Å². The van der Waals surface area contributed by atoms with Crippen LogP contribution in [0.3, 0.4) is 0 Å². The van der Waals surface area contributed by atoms with E-state index in [1.807, 2.05) is 31.2 Å². The summed E-state index contributed by atoms with van der Waals surface area (Å²) in [7, 11) is 1.73. The molecule has 0 saturated carbocycles. The molecule has 1 aromatic heterocycles. The highest BCUT2D eigenvalue weighted by Gasteiger charge is 2.19. The number of aromatic amines is 1. The maximum Gasteiger partial charge on any atom is 0.257 e. The normalized spacial score (nSPS) is 11.0. The lowest BCUT2D eigenvalue weighted by atomic mass is 10.0. The minimum atomic E-state index is -0.203. The molecule has 0 aliphatic carbocycles. The molecule has 0 atom stereocenters. The number of nitrogens with one attached hydrogen (secondary N) is 1. The number of phenolic OH excluding ortho intramolecular Hbond substituents is 1. The lowest BCUT2D eigenvalue weighted by molar-refractivity contribution is 0.0792. The molecule has 130 valence electrons. The Balaban J connectivity index is 2.01. The average molecular weight is 358 g/mol. The van der Waals surface area contributed by atoms with Crippen molar-refractivity contribution < 1.29 is 9.90 Å². The Morgan fingerprint density at radius 2 is 2.08 bits per heavy atom. The number of rotatable bonds is 5. The Kier molecular flexibility index (Phi) is 4.95. The van der Waals surface area contributed by atoms with Crippen LogP contribution in [-0.4, -0.2) is 39.7 Å². The Hall–Kier alpha value is -2.53. The second-order valence-corrected chi connectivity index (χ2v) is 6.49. The zero-order chi connectivity index (χ0) is 18.0. The van der Waals surface area contributed by atoms with Crippen molar-refractivity contribution >= 4 is 28.4 Å². The molecule has 1 amide bonds. The zero-order valence-corrected chi connectivity index (χ0v) is 15.0. The van der Waals surface area contributed by atoms with Crippen LogP contribution >= 0.6 is 11.6 Å². The van der Waals surface area contributed by atoms with Crippen molar-refractivity contribution in [1.29, 1.82) is 0 Å². The SMILES string of the molecule is CCCN(C)C(=O)c1cc2c(Cc3ccccc3Cl)n[nH]c2cc1O. The molecule has 0 spiro atoms. The molecule has 2 aromatic carbocycles. The summed E-state index contributed by atoms with van der Waals surface area (Å²) < 4.78 is 0. The minimum absolute atomic E-state index is 0.0478. The maximum atomic E-state index is 12.6. The summed E-state index contributed by atoms with van der Waals surface area (Å²) in [5.41, 5.74) is 2.72. The van der Waals surface area contributed by atoms with Crippen LogP contribution in [0.1, 0.15) is 35.0 Å². The van der Waals surface area contributed by atoms with Gasteiger partial charge in [0.2, 0.25) is 0 Å². The molecule has 0 bridgehead atoms. The number of halogens is 1. The van der Waals surface area contributed by atoms with Crippen molar-refractivity contribution in [3.63, 3.8) is 0 Å². The molecule has 3 rings (SSSR count). The number of carbonyl (C=O) groups is 1. The van der Waals surface area contributed by atoms with E-state index in [4.69, 9.17) is 11.6 Å². The van der Waals surface area contributed by atoms with E-state index in [-0.39, 0.29) is 17.2 Å². The van der Waals surface area contributed by atoms with E-state index in [2.05, 4.69) is 10.2 Å². The van der Waals surface area contributed by atoms with E-state index in [9.17, 15) is 9.90 Å². The summed E-state index contributed by atoms with van der Waals surface area (Å²) in [5, 5.41) is 19.0. The second-order valence-electron chi connectivity index (χ2n) is 6.08. The highest BCUT2D eigenvalue weighted by Crippen LogP contribution is 2.29. The van der Waals surface area contributed by atoms with Gasteiger partial charge in [-0.3, -0.25) is 9.89 Å².